The third-order valence-corrected chi connectivity index (χ3v) is 8.84. The molecule has 2 aromatic carbocycles. The fourth-order valence-corrected chi connectivity index (χ4v) is 6.33. The Morgan fingerprint density at radius 3 is 1.80 bits per heavy atom. The number of halogens is 3. The summed E-state index contributed by atoms with van der Waals surface area (Å²) in [5, 5.41) is 4.12. The van der Waals surface area contributed by atoms with Crippen LogP contribution in [-0.2, 0) is 9.59 Å². The molecule has 10 nitrogen and oxygen atoms in total. The van der Waals surface area contributed by atoms with Gasteiger partial charge in [-0.05, 0) is 61.5 Å². The third-order valence-electron chi connectivity index (χ3n) is 8.13. The van der Waals surface area contributed by atoms with E-state index in [9.17, 15) is 9.59 Å². The molecule has 13 heteroatoms. The smallest absolute Gasteiger partial charge is 0.231 e. The molecule has 4 heterocycles. The van der Waals surface area contributed by atoms with E-state index in [-0.39, 0.29) is 30.3 Å². The van der Waals surface area contributed by atoms with Crippen molar-refractivity contribution in [3.05, 3.63) is 94.5 Å². The third kappa shape index (κ3) is 11.1. The Labute approximate surface area is 301 Å². The molecule has 0 spiro atoms. The Balaban J connectivity index is 0.000000199. The van der Waals surface area contributed by atoms with Gasteiger partial charge >= 0.3 is 0 Å². The standard InChI is InChI=1S/C20H21Cl2N3O3.C16H18ClN3O/c1-13(26)10-20(27)24-14-2-3-18(17(21)11-14)25-8-5-15(6-9-25)28-16-4-7-23-19(22)12-16;17-16-11-15(5-8-19-16)21-14-6-9-20(10-7-14)13-3-1-12(18)2-4-13/h2-4,7,11-12,15H,5-6,8-10H2,1H3,(H,24,27);1-5,8,11,14H,6-7,9-10,18H2. The van der Waals surface area contributed by atoms with E-state index in [1.807, 2.05) is 24.3 Å². The van der Waals surface area contributed by atoms with Gasteiger partial charge in [0.15, 0.2) is 0 Å². The lowest BCUT2D eigenvalue weighted by Gasteiger charge is -2.34. The van der Waals surface area contributed by atoms with Gasteiger partial charge in [-0.15, -0.1) is 0 Å². The van der Waals surface area contributed by atoms with Crippen LogP contribution in [0.2, 0.25) is 15.3 Å². The maximum Gasteiger partial charge on any atom is 0.231 e. The van der Waals surface area contributed by atoms with Gasteiger partial charge in [0.05, 0.1) is 17.1 Å². The van der Waals surface area contributed by atoms with Crippen molar-refractivity contribution in [1.82, 2.24) is 9.97 Å². The van der Waals surface area contributed by atoms with Gasteiger partial charge in [0, 0.05) is 93.5 Å². The maximum absolute atomic E-state index is 11.7. The monoisotopic (exact) mass is 724 g/mol. The van der Waals surface area contributed by atoms with Crippen molar-refractivity contribution in [2.45, 2.75) is 51.2 Å². The van der Waals surface area contributed by atoms with Gasteiger partial charge in [-0.3, -0.25) is 9.59 Å². The molecule has 0 unspecified atom stereocenters. The minimum atomic E-state index is -0.342. The lowest BCUT2D eigenvalue weighted by Crippen LogP contribution is -2.38. The average Bonchev–Trinajstić information content (AvgIpc) is 3.06. The first-order chi connectivity index (χ1) is 23.6. The number of rotatable bonds is 9. The molecule has 6 rings (SSSR count). The highest BCUT2D eigenvalue weighted by atomic mass is 35.5. The van der Waals surface area contributed by atoms with Crippen molar-refractivity contribution >= 4 is 69.2 Å². The van der Waals surface area contributed by atoms with Crippen LogP contribution in [0.15, 0.2) is 79.1 Å². The van der Waals surface area contributed by atoms with E-state index < -0.39 is 0 Å². The van der Waals surface area contributed by atoms with Crippen molar-refractivity contribution in [1.29, 1.82) is 0 Å². The predicted octanol–water partition coefficient (Wildman–Crippen LogP) is 7.72. The minimum Gasteiger partial charge on any atom is -0.490 e. The molecule has 258 valence electrons. The van der Waals surface area contributed by atoms with Crippen LogP contribution in [0.4, 0.5) is 22.7 Å². The van der Waals surface area contributed by atoms with Gasteiger partial charge < -0.3 is 30.3 Å². The molecule has 0 atom stereocenters. The fourth-order valence-electron chi connectivity index (χ4n) is 5.70. The van der Waals surface area contributed by atoms with Gasteiger partial charge in [0.2, 0.25) is 5.91 Å². The lowest BCUT2D eigenvalue weighted by atomic mass is 10.1. The van der Waals surface area contributed by atoms with Crippen molar-refractivity contribution in [2.24, 2.45) is 0 Å². The van der Waals surface area contributed by atoms with Gasteiger partial charge in [-0.25, -0.2) is 9.97 Å². The molecular weight excluding hydrogens is 687 g/mol. The molecule has 0 aliphatic carbocycles. The number of hydrogen-bond acceptors (Lipinski definition) is 9. The van der Waals surface area contributed by atoms with Crippen LogP contribution < -0.4 is 30.3 Å². The van der Waals surface area contributed by atoms with Crippen molar-refractivity contribution in [3.8, 4) is 11.5 Å². The van der Waals surface area contributed by atoms with E-state index >= 15 is 0 Å². The Bertz CT molecular complexity index is 1710. The van der Waals surface area contributed by atoms with Crippen LogP contribution in [0.25, 0.3) is 0 Å². The average molecular weight is 726 g/mol. The summed E-state index contributed by atoms with van der Waals surface area (Å²) in [4.78, 5) is 35.2. The van der Waals surface area contributed by atoms with Crippen molar-refractivity contribution in [3.63, 3.8) is 0 Å². The van der Waals surface area contributed by atoms with E-state index in [0.717, 1.165) is 74.7 Å². The number of nitrogen functional groups attached to an aromatic ring is 1. The Morgan fingerprint density at radius 2 is 1.31 bits per heavy atom. The molecule has 0 radical (unpaired) electrons. The number of ketones is 1. The highest BCUT2D eigenvalue weighted by Crippen LogP contribution is 2.32. The first-order valence-corrected chi connectivity index (χ1v) is 17.3. The highest BCUT2D eigenvalue weighted by Gasteiger charge is 2.23. The van der Waals surface area contributed by atoms with Gasteiger partial charge in [-0.2, -0.15) is 0 Å². The van der Waals surface area contributed by atoms with Crippen molar-refractivity contribution < 1.29 is 19.1 Å². The predicted molar refractivity (Wildman–Crippen MR) is 196 cm³/mol. The second-order valence-corrected chi connectivity index (χ2v) is 13.1. The summed E-state index contributed by atoms with van der Waals surface area (Å²) in [6.45, 7) is 4.95. The molecule has 2 aliphatic heterocycles. The number of Topliss-reactive ketones (excluding diaryl/α,β-unsaturated/α-hetero) is 1. The van der Waals surface area contributed by atoms with E-state index in [2.05, 4.69) is 37.2 Å². The SMILES string of the molecule is CC(=O)CC(=O)Nc1ccc(N2CCC(Oc3ccnc(Cl)c3)CC2)c(Cl)c1.Nc1ccc(N2CCC(Oc3ccnc(Cl)c3)CC2)cc1. The lowest BCUT2D eigenvalue weighted by molar-refractivity contribution is -0.124. The summed E-state index contributed by atoms with van der Waals surface area (Å²) in [6, 6.07) is 20.5. The van der Waals surface area contributed by atoms with Gasteiger partial charge in [0.1, 0.15) is 39.8 Å². The number of amides is 1. The molecule has 0 saturated carbocycles. The summed E-state index contributed by atoms with van der Waals surface area (Å²) in [7, 11) is 0. The van der Waals surface area contributed by atoms with Crippen LogP contribution >= 0.6 is 34.8 Å². The number of carbonyl (C=O) groups excluding carboxylic acids is 2. The molecule has 2 fully saturated rings. The van der Waals surface area contributed by atoms with Gasteiger partial charge in [-0.1, -0.05) is 34.8 Å². The first-order valence-electron chi connectivity index (χ1n) is 16.1. The van der Waals surface area contributed by atoms with E-state index in [4.69, 9.17) is 50.0 Å². The Kier molecular flexibility index (Phi) is 12.8. The number of piperidine rings is 2. The number of hydrogen-bond donors (Lipinski definition) is 2. The molecule has 2 aliphatic rings. The molecule has 4 aromatic rings. The number of nitrogens with two attached hydrogens (primary N) is 1. The van der Waals surface area contributed by atoms with E-state index in [1.165, 1.54) is 12.6 Å². The highest BCUT2D eigenvalue weighted by molar-refractivity contribution is 6.33. The maximum atomic E-state index is 11.7. The fraction of sp³-hybridized carbons (Fsp3) is 0.333. The topological polar surface area (TPSA) is 123 Å². The molecule has 0 bridgehead atoms. The molecule has 49 heavy (non-hydrogen) atoms. The Hall–Kier alpha value is -4.25. The second kappa shape index (κ2) is 17.4. The molecule has 2 aromatic heterocycles. The number of aromatic nitrogens is 2. The first kappa shape index (κ1) is 36.0. The van der Waals surface area contributed by atoms with Crippen LogP contribution in [0.5, 0.6) is 11.5 Å². The minimum absolute atomic E-state index is 0.110. The number of ether oxygens (including phenoxy) is 2. The number of nitrogens with zero attached hydrogens (tertiary/aromatic N) is 4. The van der Waals surface area contributed by atoms with E-state index in [0.29, 0.717) is 21.0 Å². The summed E-state index contributed by atoms with van der Waals surface area (Å²) in [6.07, 6.45) is 7.18. The number of anilines is 4. The summed E-state index contributed by atoms with van der Waals surface area (Å²) < 4.78 is 12.0. The normalized spacial score (nSPS) is 15.2. The molecule has 2 saturated heterocycles. The van der Waals surface area contributed by atoms with Crippen LogP contribution in [0.3, 0.4) is 0 Å². The van der Waals surface area contributed by atoms with Crippen LogP contribution in [-0.4, -0.2) is 60.0 Å². The van der Waals surface area contributed by atoms with Crippen molar-refractivity contribution in [2.75, 3.05) is 47.0 Å². The summed E-state index contributed by atoms with van der Waals surface area (Å²) in [5.41, 5.74) is 9.23. The number of benzene rings is 2. The van der Waals surface area contributed by atoms with E-state index in [1.54, 1.807) is 42.7 Å². The molecular formula is C36H39Cl3N6O4. The number of nitrogens with one attached hydrogen (secondary N) is 1. The zero-order valence-corrected chi connectivity index (χ0v) is 29.4. The quantitative estimate of drug-likeness (QED) is 0.101. The Morgan fingerprint density at radius 1 is 0.776 bits per heavy atom. The summed E-state index contributed by atoms with van der Waals surface area (Å²) >= 11 is 18.2. The zero-order valence-electron chi connectivity index (χ0n) is 27.2. The second-order valence-electron chi connectivity index (χ2n) is 11.9. The van der Waals surface area contributed by atoms with Gasteiger partial charge in [0.25, 0.3) is 0 Å². The largest absolute Gasteiger partial charge is 0.490 e. The van der Waals surface area contributed by atoms with Crippen LogP contribution in [0, 0.1) is 0 Å². The zero-order chi connectivity index (χ0) is 34.8. The molecule has 3 N–H and O–H groups in total. The number of carbonyl (C=O) groups is 2. The summed E-state index contributed by atoms with van der Waals surface area (Å²) in [5.74, 6) is 0.993. The molecule has 1 amide bonds. The number of pyridine rings is 2. The van der Waals surface area contributed by atoms with Crippen LogP contribution in [0.1, 0.15) is 39.0 Å².